The van der Waals surface area contributed by atoms with Gasteiger partial charge in [-0.2, -0.15) is 0 Å². The Kier molecular flexibility index (Phi) is 12.7. The molecule has 0 heterocycles. The molecule has 0 fully saturated rings. The Morgan fingerprint density at radius 1 is 0.950 bits per heavy atom. The molecule has 0 spiro atoms. The highest BCUT2D eigenvalue weighted by atomic mass is 16.3. The topological polar surface area (TPSA) is 80.9 Å². The second kappa shape index (κ2) is 11.5. The number of aliphatic hydroxyl groups excluding tert-OH is 3. The lowest BCUT2D eigenvalue weighted by Gasteiger charge is -2.23. The van der Waals surface area contributed by atoms with E-state index in [1.807, 2.05) is 20.8 Å². The molecule has 0 saturated heterocycles. The largest absolute Gasteiger partial charge is 0.393 e. The second-order valence-corrected chi connectivity index (χ2v) is 6.34. The average Bonchev–Trinajstić information content (AvgIpc) is 2.25. The highest BCUT2D eigenvalue weighted by Gasteiger charge is 2.20. The summed E-state index contributed by atoms with van der Waals surface area (Å²) in [6.45, 7) is 11.2. The Balaban J connectivity index is 0. The van der Waals surface area contributed by atoms with E-state index >= 15 is 0 Å². The fourth-order valence-electron chi connectivity index (χ4n) is 2.13. The first kappa shape index (κ1) is 22.1. The number of aliphatic hydroxyl groups is 4. The van der Waals surface area contributed by atoms with E-state index in [-0.39, 0.29) is 12.2 Å². The van der Waals surface area contributed by atoms with Crippen LogP contribution in [0.2, 0.25) is 0 Å². The first-order valence-corrected chi connectivity index (χ1v) is 7.82. The standard InChI is InChI=1S/2C8H18O2/c1-4-6(2)8(10)5-7(3)9;1-4-5-8(3,10)6-7(2)9/h6-10H,4-5H2,1-3H3;7,9-10H,4-6H2,1-3H3. The van der Waals surface area contributed by atoms with E-state index in [0.29, 0.717) is 18.8 Å². The number of hydrogen-bond donors (Lipinski definition) is 4. The van der Waals surface area contributed by atoms with Crippen LogP contribution in [-0.4, -0.2) is 44.3 Å². The van der Waals surface area contributed by atoms with Crippen molar-refractivity contribution in [3.8, 4) is 0 Å². The molecular weight excluding hydrogens is 256 g/mol. The molecule has 5 atom stereocenters. The molecule has 0 aliphatic rings. The summed E-state index contributed by atoms with van der Waals surface area (Å²) in [6.07, 6.45) is 2.52. The lowest BCUT2D eigenvalue weighted by molar-refractivity contribution is 0.00230. The van der Waals surface area contributed by atoms with Gasteiger partial charge in [-0.25, -0.2) is 0 Å². The quantitative estimate of drug-likeness (QED) is 0.554. The van der Waals surface area contributed by atoms with E-state index in [2.05, 4.69) is 0 Å². The number of hydrogen-bond acceptors (Lipinski definition) is 4. The third-order valence-electron chi connectivity index (χ3n) is 3.41. The maximum Gasteiger partial charge on any atom is 0.0644 e. The minimum absolute atomic E-state index is 0.301. The zero-order valence-electron chi connectivity index (χ0n) is 14.1. The Hall–Kier alpha value is -0.160. The first-order chi connectivity index (χ1) is 9.05. The van der Waals surface area contributed by atoms with Crippen LogP contribution in [0, 0.1) is 5.92 Å². The van der Waals surface area contributed by atoms with E-state index in [4.69, 9.17) is 10.2 Å². The van der Waals surface area contributed by atoms with Gasteiger partial charge in [-0.1, -0.05) is 33.6 Å². The van der Waals surface area contributed by atoms with Crippen LogP contribution < -0.4 is 0 Å². The van der Waals surface area contributed by atoms with Crippen LogP contribution in [0.5, 0.6) is 0 Å². The van der Waals surface area contributed by atoms with Crippen LogP contribution in [-0.2, 0) is 0 Å². The van der Waals surface area contributed by atoms with Crippen LogP contribution in [0.25, 0.3) is 0 Å². The summed E-state index contributed by atoms with van der Waals surface area (Å²) < 4.78 is 0. The lowest BCUT2D eigenvalue weighted by atomic mass is 9.94. The van der Waals surface area contributed by atoms with Crippen LogP contribution in [0.1, 0.15) is 73.6 Å². The van der Waals surface area contributed by atoms with Gasteiger partial charge in [0, 0.05) is 6.42 Å². The van der Waals surface area contributed by atoms with Crippen LogP contribution in [0.15, 0.2) is 0 Å². The molecule has 0 rings (SSSR count). The Morgan fingerprint density at radius 2 is 1.45 bits per heavy atom. The van der Waals surface area contributed by atoms with Gasteiger partial charge in [-0.15, -0.1) is 0 Å². The van der Waals surface area contributed by atoms with Crippen LogP contribution in [0.4, 0.5) is 0 Å². The van der Waals surface area contributed by atoms with Crippen molar-refractivity contribution in [1.29, 1.82) is 0 Å². The zero-order chi connectivity index (χ0) is 16.3. The molecule has 0 aliphatic carbocycles. The minimum Gasteiger partial charge on any atom is -0.393 e. The lowest BCUT2D eigenvalue weighted by Crippen LogP contribution is -2.28. The molecule has 0 aromatic carbocycles. The fraction of sp³-hybridized carbons (Fsp3) is 1.00. The highest BCUT2D eigenvalue weighted by Crippen LogP contribution is 2.17. The first-order valence-electron chi connectivity index (χ1n) is 7.82. The summed E-state index contributed by atoms with van der Waals surface area (Å²) in [5.41, 5.74) is -0.678. The summed E-state index contributed by atoms with van der Waals surface area (Å²) in [5.74, 6) is 0.301. The van der Waals surface area contributed by atoms with Crippen LogP contribution in [0.3, 0.4) is 0 Å². The van der Waals surface area contributed by atoms with E-state index in [1.165, 1.54) is 0 Å². The summed E-state index contributed by atoms with van der Waals surface area (Å²) in [5, 5.41) is 36.7. The van der Waals surface area contributed by atoms with Crippen LogP contribution >= 0.6 is 0 Å². The summed E-state index contributed by atoms with van der Waals surface area (Å²) in [7, 11) is 0. The summed E-state index contributed by atoms with van der Waals surface area (Å²) in [6, 6.07) is 0. The zero-order valence-corrected chi connectivity index (χ0v) is 14.1. The van der Waals surface area contributed by atoms with E-state index in [1.54, 1.807) is 20.8 Å². The normalized spacial score (nSPS) is 20.1. The Morgan fingerprint density at radius 3 is 1.75 bits per heavy atom. The molecule has 5 unspecified atom stereocenters. The molecule has 0 saturated carbocycles. The van der Waals surface area contributed by atoms with Crippen molar-refractivity contribution >= 4 is 0 Å². The number of rotatable bonds is 8. The molecule has 0 aromatic heterocycles. The predicted octanol–water partition coefficient (Wildman–Crippen LogP) is 2.47. The molecule has 0 radical (unpaired) electrons. The molecule has 4 heteroatoms. The summed E-state index contributed by atoms with van der Waals surface area (Å²) in [4.78, 5) is 0. The average molecular weight is 292 g/mol. The van der Waals surface area contributed by atoms with Crippen molar-refractivity contribution in [1.82, 2.24) is 0 Å². The van der Waals surface area contributed by atoms with Gasteiger partial charge in [0.25, 0.3) is 0 Å². The van der Waals surface area contributed by atoms with Gasteiger partial charge in [0.2, 0.25) is 0 Å². The third kappa shape index (κ3) is 14.3. The van der Waals surface area contributed by atoms with Gasteiger partial charge < -0.3 is 20.4 Å². The maximum atomic E-state index is 9.52. The van der Waals surface area contributed by atoms with Gasteiger partial charge in [-0.3, -0.25) is 0 Å². The molecule has 0 aromatic rings. The maximum absolute atomic E-state index is 9.52. The van der Waals surface area contributed by atoms with Crippen molar-refractivity contribution < 1.29 is 20.4 Å². The molecule has 0 bridgehead atoms. The molecule has 4 nitrogen and oxygen atoms in total. The molecular formula is C16H36O4. The fourth-order valence-corrected chi connectivity index (χ4v) is 2.13. The minimum atomic E-state index is -0.678. The van der Waals surface area contributed by atoms with E-state index in [0.717, 1.165) is 19.3 Å². The third-order valence-corrected chi connectivity index (χ3v) is 3.41. The molecule has 0 aliphatic heterocycles. The Labute approximate surface area is 124 Å². The van der Waals surface area contributed by atoms with Crippen molar-refractivity contribution in [3.63, 3.8) is 0 Å². The van der Waals surface area contributed by atoms with Crippen molar-refractivity contribution in [3.05, 3.63) is 0 Å². The van der Waals surface area contributed by atoms with Crippen molar-refractivity contribution in [2.75, 3.05) is 0 Å². The molecule has 0 amide bonds. The predicted molar refractivity (Wildman–Crippen MR) is 83.6 cm³/mol. The monoisotopic (exact) mass is 292 g/mol. The smallest absolute Gasteiger partial charge is 0.0644 e. The van der Waals surface area contributed by atoms with E-state index in [9.17, 15) is 10.2 Å². The van der Waals surface area contributed by atoms with Crippen molar-refractivity contribution in [2.45, 2.75) is 97.6 Å². The molecule has 4 N–H and O–H groups in total. The van der Waals surface area contributed by atoms with Gasteiger partial charge in [-0.05, 0) is 39.5 Å². The molecule has 20 heavy (non-hydrogen) atoms. The molecule has 124 valence electrons. The SMILES string of the molecule is CCC(C)C(O)CC(C)O.CCCC(C)(O)CC(C)O. The van der Waals surface area contributed by atoms with E-state index < -0.39 is 11.7 Å². The Bertz CT molecular complexity index is 215. The van der Waals surface area contributed by atoms with Gasteiger partial charge in [0.15, 0.2) is 0 Å². The summed E-state index contributed by atoms with van der Waals surface area (Å²) >= 11 is 0. The van der Waals surface area contributed by atoms with Crippen molar-refractivity contribution in [2.24, 2.45) is 5.92 Å². The highest BCUT2D eigenvalue weighted by molar-refractivity contribution is 4.73. The van der Waals surface area contributed by atoms with Gasteiger partial charge in [0.1, 0.15) is 0 Å². The van der Waals surface area contributed by atoms with Gasteiger partial charge in [0.05, 0.1) is 23.9 Å². The second-order valence-electron chi connectivity index (χ2n) is 6.34. The van der Waals surface area contributed by atoms with Gasteiger partial charge >= 0.3 is 0 Å².